The zero-order valence-electron chi connectivity index (χ0n) is 13.1. The number of carbonyl (C=O) groups is 2. The van der Waals surface area contributed by atoms with Gasteiger partial charge in [-0.15, -0.1) is 0 Å². The lowest BCUT2D eigenvalue weighted by molar-refractivity contribution is -0.124. The molecule has 2 rings (SSSR count). The number of amides is 2. The molecule has 6 nitrogen and oxygen atoms in total. The Hall–Kier alpha value is -2.15. The monoisotopic (exact) mass is 323 g/mol. The van der Waals surface area contributed by atoms with E-state index in [0.29, 0.717) is 25.4 Å². The second kappa shape index (κ2) is 7.92. The Balaban J connectivity index is 1.65. The molecule has 0 radical (unpaired) electrons. The quantitative estimate of drug-likeness (QED) is 0.710. The van der Waals surface area contributed by atoms with E-state index < -0.39 is 0 Å². The normalized spacial score (nSPS) is 21.1. The van der Waals surface area contributed by atoms with Gasteiger partial charge in [0.15, 0.2) is 0 Å². The number of benzene rings is 1. The fourth-order valence-corrected chi connectivity index (χ4v) is 2.74. The summed E-state index contributed by atoms with van der Waals surface area (Å²) in [7, 11) is 0. The standard InChI is InChI=1S/C16H22FN3O3/c1-11-8-20(9-14(11)16(18)22)10-15(21)19-5-6-23-13-4-2-3-12(17)7-13/h2-4,7,11,14H,5-6,8-10H2,1H3,(H2,18,22)(H,19,21)/t11-,14-/m1/s1. The highest BCUT2D eigenvalue weighted by Gasteiger charge is 2.33. The number of nitrogens with two attached hydrogens (primary N) is 1. The Morgan fingerprint density at radius 3 is 2.87 bits per heavy atom. The molecule has 1 aliphatic heterocycles. The molecule has 1 fully saturated rings. The van der Waals surface area contributed by atoms with Crippen LogP contribution in [0.3, 0.4) is 0 Å². The number of carbonyl (C=O) groups excluding carboxylic acids is 2. The van der Waals surface area contributed by atoms with Crippen molar-refractivity contribution in [2.24, 2.45) is 17.6 Å². The Kier molecular flexibility index (Phi) is 5.92. The summed E-state index contributed by atoms with van der Waals surface area (Å²) in [4.78, 5) is 25.0. The summed E-state index contributed by atoms with van der Waals surface area (Å²) in [6, 6.07) is 5.84. The minimum Gasteiger partial charge on any atom is -0.492 e. The number of nitrogens with one attached hydrogen (secondary N) is 1. The number of rotatable bonds is 7. The maximum absolute atomic E-state index is 13.0. The smallest absolute Gasteiger partial charge is 0.234 e. The highest BCUT2D eigenvalue weighted by atomic mass is 19.1. The van der Waals surface area contributed by atoms with E-state index in [0.717, 1.165) is 0 Å². The van der Waals surface area contributed by atoms with Gasteiger partial charge in [-0.25, -0.2) is 4.39 Å². The lowest BCUT2D eigenvalue weighted by Crippen LogP contribution is -2.38. The predicted octanol–water partition coefficient (Wildman–Crippen LogP) is 0.374. The Bertz CT molecular complexity index is 567. The molecule has 23 heavy (non-hydrogen) atoms. The first-order valence-electron chi connectivity index (χ1n) is 7.62. The van der Waals surface area contributed by atoms with Gasteiger partial charge in [-0.2, -0.15) is 0 Å². The molecule has 0 bridgehead atoms. The van der Waals surface area contributed by atoms with Crippen LogP contribution < -0.4 is 15.8 Å². The van der Waals surface area contributed by atoms with Gasteiger partial charge in [0.2, 0.25) is 11.8 Å². The maximum atomic E-state index is 13.0. The van der Waals surface area contributed by atoms with Gasteiger partial charge in [-0.1, -0.05) is 13.0 Å². The van der Waals surface area contributed by atoms with E-state index in [-0.39, 0.29) is 42.6 Å². The molecular formula is C16H22FN3O3. The van der Waals surface area contributed by atoms with Crippen LogP contribution in [0.25, 0.3) is 0 Å². The van der Waals surface area contributed by atoms with Gasteiger partial charge in [0.1, 0.15) is 18.2 Å². The second-order valence-electron chi connectivity index (χ2n) is 5.84. The van der Waals surface area contributed by atoms with Crippen LogP contribution in [0.1, 0.15) is 6.92 Å². The lowest BCUT2D eigenvalue weighted by atomic mass is 9.98. The summed E-state index contributed by atoms with van der Waals surface area (Å²) in [6.45, 7) is 3.98. The van der Waals surface area contributed by atoms with E-state index in [1.807, 2.05) is 11.8 Å². The molecule has 0 aliphatic carbocycles. The maximum Gasteiger partial charge on any atom is 0.234 e. The lowest BCUT2D eigenvalue weighted by Gasteiger charge is -2.15. The number of primary amides is 1. The number of ether oxygens (including phenoxy) is 1. The molecule has 1 aliphatic rings. The molecule has 1 heterocycles. The van der Waals surface area contributed by atoms with Crippen molar-refractivity contribution in [3.8, 4) is 5.75 Å². The van der Waals surface area contributed by atoms with Crippen LogP contribution in [-0.4, -0.2) is 49.5 Å². The summed E-state index contributed by atoms with van der Waals surface area (Å²) >= 11 is 0. The molecule has 0 aromatic heterocycles. The number of halogens is 1. The molecule has 0 spiro atoms. The van der Waals surface area contributed by atoms with Crippen LogP contribution in [-0.2, 0) is 9.59 Å². The van der Waals surface area contributed by atoms with Gasteiger partial charge in [0.05, 0.1) is 19.0 Å². The minimum absolute atomic E-state index is 0.134. The summed E-state index contributed by atoms with van der Waals surface area (Å²) < 4.78 is 18.3. The third-order valence-electron chi connectivity index (χ3n) is 3.91. The molecule has 1 aromatic carbocycles. The largest absolute Gasteiger partial charge is 0.492 e. The molecule has 7 heteroatoms. The molecular weight excluding hydrogens is 301 g/mol. The van der Waals surface area contributed by atoms with E-state index in [4.69, 9.17) is 10.5 Å². The average Bonchev–Trinajstić information content (AvgIpc) is 2.84. The molecule has 1 saturated heterocycles. The number of nitrogens with zero attached hydrogens (tertiary/aromatic N) is 1. The SMILES string of the molecule is C[C@@H]1CN(CC(=O)NCCOc2cccc(F)c2)C[C@H]1C(N)=O. The number of hydrogen-bond acceptors (Lipinski definition) is 4. The van der Waals surface area contributed by atoms with Gasteiger partial charge in [0.25, 0.3) is 0 Å². The first-order valence-corrected chi connectivity index (χ1v) is 7.62. The van der Waals surface area contributed by atoms with Crippen LogP contribution >= 0.6 is 0 Å². The molecule has 1 aromatic rings. The van der Waals surface area contributed by atoms with E-state index in [9.17, 15) is 14.0 Å². The Labute approximate surface area is 134 Å². The highest BCUT2D eigenvalue weighted by molar-refractivity contribution is 5.79. The predicted molar refractivity (Wildman–Crippen MR) is 83.2 cm³/mol. The summed E-state index contributed by atoms with van der Waals surface area (Å²) in [5.41, 5.74) is 5.34. The first-order chi connectivity index (χ1) is 11.0. The van der Waals surface area contributed by atoms with Crippen LogP contribution in [0.2, 0.25) is 0 Å². The van der Waals surface area contributed by atoms with Crippen molar-refractivity contribution in [1.82, 2.24) is 10.2 Å². The average molecular weight is 323 g/mol. The van der Waals surface area contributed by atoms with Crippen molar-refractivity contribution in [3.05, 3.63) is 30.1 Å². The van der Waals surface area contributed by atoms with E-state index >= 15 is 0 Å². The fourth-order valence-electron chi connectivity index (χ4n) is 2.74. The van der Waals surface area contributed by atoms with Gasteiger partial charge < -0.3 is 15.8 Å². The van der Waals surface area contributed by atoms with Crippen molar-refractivity contribution in [3.63, 3.8) is 0 Å². The van der Waals surface area contributed by atoms with Gasteiger partial charge in [0, 0.05) is 19.2 Å². The first kappa shape index (κ1) is 17.2. The van der Waals surface area contributed by atoms with Crippen molar-refractivity contribution in [2.45, 2.75) is 6.92 Å². The Morgan fingerprint density at radius 2 is 2.22 bits per heavy atom. The van der Waals surface area contributed by atoms with E-state index in [1.165, 1.54) is 12.1 Å². The molecule has 0 saturated carbocycles. The van der Waals surface area contributed by atoms with Crippen LogP contribution in [0, 0.1) is 17.7 Å². The van der Waals surface area contributed by atoms with Gasteiger partial charge in [-0.3, -0.25) is 14.5 Å². The minimum atomic E-state index is -0.362. The van der Waals surface area contributed by atoms with Crippen molar-refractivity contribution >= 4 is 11.8 Å². The van der Waals surface area contributed by atoms with Crippen LogP contribution in [0.4, 0.5) is 4.39 Å². The molecule has 3 N–H and O–H groups in total. The fraction of sp³-hybridized carbons (Fsp3) is 0.500. The third kappa shape index (κ3) is 5.21. The topological polar surface area (TPSA) is 84.7 Å². The number of hydrogen-bond donors (Lipinski definition) is 2. The summed E-state index contributed by atoms with van der Waals surface area (Å²) in [6.07, 6.45) is 0. The summed E-state index contributed by atoms with van der Waals surface area (Å²) in [5.74, 6) is -0.416. The highest BCUT2D eigenvalue weighted by Crippen LogP contribution is 2.21. The van der Waals surface area contributed by atoms with E-state index in [2.05, 4.69) is 5.32 Å². The number of likely N-dealkylation sites (tertiary alicyclic amines) is 1. The third-order valence-corrected chi connectivity index (χ3v) is 3.91. The van der Waals surface area contributed by atoms with Crippen molar-refractivity contribution < 1.29 is 18.7 Å². The Morgan fingerprint density at radius 1 is 1.43 bits per heavy atom. The molecule has 2 amide bonds. The zero-order valence-corrected chi connectivity index (χ0v) is 13.1. The van der Waals surface area contributed by atoms with Crippen LogP contribution in [0.5, 0.6) is 5.75 Å². The molecule has 0 unspecified atom stereocenters. The zero-order chi connectivity index (χ0) is 16.8. The van der Waals surface area contributed by atoms with Gasteiger partial charge >= 0.3 is 0 Å². The van der Waals surface area contributed by atoms with Crippen LogP contribution in [0.15, 0.2) is 24.3 Å². The van der Waals surface area contributed by atoms with E-state index in [1.54, 1.807) is 12.1 Å². The summed E-state index contributed by atoms with van der Waals surface area (Å²) in [5, 5.41) is 2.74. The molecule has 2 atom stereocenters. The van der Waals surface area contributed by atoms with Gasteiger partial charge in [-0.05, 0) is 18.1 Å². The van der Waals surface area contributed by atoms with Crippen molar-refractivity contribution in [2.75, 3.05) is 32.8 Å². The van der Waals surface area contributed by atoms with Crippen molar-refractivity contribution in [1.29, 1.82) is 0 Å². The second-order valence-corrected chi connectivity index (χ2v) is 5.84. The molecule has 126 valence electrons.